The lowest BCUT2D eigenvalue weighted by molar-refractivity contribution is 0.0773. The molecule has 1 saturated carbocycles. The van der Waals surface area contributed by atoms with Gasteiger partial charge < -0.3 is 10.2 Å². The number of amides is 1. The van der Waals surface area contributed by atoms with Gasteiger partial charge in [0.2, 0.25) is 0 Å². The van der Waals surface area contributed by atoms with Crippen molar-refractivity contribution in [3.8, 4) is 0 Å². The van der Waals surface area contributed by atoms with Gasteiger partial charge in [-0.05, 0) is 50.5 Å². The Morgan fingerprint density at radius 2 is 1.88 bits per heavy atom. The monoisotopic (exact) mass is 324 g/mol. The molecule has 0 aliphatic heterocycles. The van der Waals surface area contributed by atoms with Crippen LogP contribution in [0, 0.1) is 0 Å². The third kappa shape index (κ3) is 3.91. The molecule has 3 rings (SSSR count). The number of nitrogens with zero attached hydrogens (tertiary/aromatic N) is 3. The van der Waals surface area contributed by atoms with Gasteiger partial charge in [0.1, 0.15) is 11.6 Å². The third-order valence-electron chi connectivity index (χ3n) is 4.34. The highest BCUT2D eigenvalue weighted by atomic mass is 16.2. The summed E-state index contributed by atoms with van der Waals surface area (Å²) in [5.74, 6) is 2.44. The molecule has 1 amide bonds. The van der Waals surface area contributed by atoms with Crippen molar-refractivity contribution in [3.05, 3.63) is 53.5 Å². The summed E-state index contributed by atoms with van der Waals surface area (Å²) in [6, 6.07) is 9.67. The molecule has 0 saturated heterocycles. The molecule has 0 spiro atoms. The molecule has 5 nitrogen and oxygen atoms in total. The highest BCUT2D eigenvalue weighted by Crippen LogP contribution is 2.38. The molecule has 0 bridgehead atoms. The number of nitrogens with one attached hydrogen (secondary N) is 1. The quantitative estimate of drug-likeness (QED) is 0.847. The van der Waals surface area contributed by atoms with E-state index in [1.165, 1.54) is 12.8 Å². The van der Waals surface area contributed by atoms with Crippen molar-refractivity contribution < 1.29 is 4.79 Å². The van der Waals surface area contributed by atoms with E-state index in [0.29, 0.717) is 12.5 Å². The average molecular weight is 324 g/mol. The molecule has 0 atom stereocenters. The zero-order valence-electron chi connectivity index (χ0n) is 14.3. The normalized spacial score (nSPS) is 13.6. The smallest absolute Gasteiger partial charge is 0.253 e. The molecule has 1 aromatic carbocycles. The molecular weight excluding hydrogens is 300 g/mol. The molecule has 24 heavy (non-hydrogen) atoms. The van der Waals surface area contributed by atoms with E-state index < -0.39 is 0 Å². The molecule has 1 N–H and O–H groups in total. The average Bonchev–Trinajstić information content (AvgIpc) is 3.47. The highest BCUT2D eigenvalue weighted by Gasteiger charge is 2.26. The summed E-state index contributed by atoms with van der Waals surface area (Å²) in [5.41, 5.74) is 1.86. The van der Waals surface area contributed by atoms with Crippen LogP contribution in [0.5, 0.6) is 0 Å². The number of aromatic nitrogens is 2. The largest absolute Gasteiger partial charge is 0.366 e. The number of carbonyl (C=O) groups excluding carboxylic acids is 1. The Bertz CT molecular complexity index is 691. The second-order valence-corrected chi connectivity index (χ2v) is 6.10. The summed E-state index contributed by atoms with van der Waals surface area (Å²) in [6.45, 7) is 6.14. The van der Waals surface area contributed by atoms with Crippen LogP contribution in [0.25, 0.3) is 0 Å². The summed E-state index contributed by atoms with van der Waals surface area (Å²) in [4.78, 5) is 23.0. The lowest BCUT2D eigenvalue weighted by Crippen LogP contribution is -2.30. The van der Waals surface area contributed by atoms with Crippen LogP contribution in [-0.4, -0.2) is 33.9 Å². The fraction of sp³-hybridized carbons (Fsp3) is 0.421. The topological polar surface area (TPSA) is 58.1 Å². The molecular formula is C19H24N4O. The number of rotatable bonds is 7. The van der Waals surface area contributed by atoms with Gasteiger partial charge in [-0.2, -0.15) is 0 Å². The zero-order chi connectivity index (χ0) is 16.9. The minimum atomic E-state index is 0.0874. The van der Waals surface area contributed by atoms with Crippen molar-refractivity contribution in [1.82, 2.24) is 14.9 Å². The second kappa shape index (κ2) is 7.43. The van der Waals surface area contributed by atoms with Gasteiger partial charge >= 0.3 is 0 Å². The minimum absolute atomic E-state index is 0.0874. The van der Waals surface area contributed by atoms with Crippen molar-refractivity contribution >= 4 is 11.7 Å². The van der Waals surface area contributed by atoms with Gasteiger partial charge in [0.15, 0.2) is 0 Å². The summed E-state index contributed by atoms with van der Waals surface area (Å²) in [7, 11) is 0. The van der Waals surface area contributed by atoms with Gasteiger partial charge in [-0.1, -0.05) is 12.1 Å². The van der Waals surface area contributed by atoms with E-state index in [4.69, 9.17) is 0 Å². The minimum Gasteiger partial charge on any atom is -0.366 e. The SMILES string of the molecule is CCN(CC)C(=O)c1ccc(CNc2ccnc(C3CC3)n2)cc1. The predicted molar refractivity (Wildman–Crippen MR) is 95.0 cm³/mol. The first-order chi connectivity index (χ1) is 11.7. The maximum absolute atomic E-state index is 12.3. The molecule has 0 unspecified atom stereocenters. The molecule has 126 valence electrons. The van der Waals surface area contributed by atoms with Gasteiger partial charge in [0.05, 0.1) is 0 Å². The van der Waals surface area contributed by atoms with Gasteiger partial charge in [0, 0.05) is 37.3 Å². The molecule has 1 fully saturated rings. The van der Waals surface area contributed by atoms with E-state index in [1.54, 1.807) is 0 Å². The second-order valence-electron chi connectivity index (χ2n) is 6.10. The van der Waals surface area contributed by atoms with E-state index in [0.717, 1.165) is 35.9 Å². The van der Waals surface area contributed by atoms with E-state index in [9.17, 15) is 4.79 Å². The number of carbonyl (C=O) groups is 1. The van der Waals surface area contributed by atoms with Gasteiger partial charge in [-0.15, -0.1) is 0 Å². The lowest BCUT2D eigenvalue weighted by atomic mass is 10.1. The number of hydrogen-bond acceptors (Lipinski definition) is 4. The predicted octanol–water partition coefficient (Wildman–Crippen LogP) is 3.45. The maximum atomic E-state index is 12.3. The van der Waals surface area contributed by atoms with Crippen LogP contribution < -0.4 is 5.32 Å². The first-order valence-corrected chi connectivity index (χ1v) is 8.66. The van der Waals surface area contributed by atoms with Gasteiger partial charge in [-0.3, -0.25) is 4.79 Å². The molecule has 1 aliphatic carbocycles. The van der Waals surface area contributed by atoms with Crippen LogP contribution in [-0.2, 0) is 6.54 Å². The summed E-state index contributed by atoms with van der Waals surface area (Å²) in [5, 5.41) is 3.33. The van der Waals surface area contributed by atoms with Crippen molar-refractivity contribution in [2.75, 3.05) is 18.4 Å². The van der Waals surface area contributed by atoms with E-state index >= 15 is 0 Å². The van der Waals surface area contributed by atoms with Crippen molar-refractivity contribution in [2.45, 2.75) is 39.2 Å². The first kappa shape index (κ1) is 16.4. The summed E-state index contributed by atoms with van der Waals surface area (Å²) >= 11 is 0. The number of hydrogen-bond donors (Lipinski definition) is 1. The lowest BCUT2D eigenvalue weighted by Gasteiger charge is -2.18. The van der Waals surface area contributed by atoms with Crippen LogP contribution >= 0.6 is 0 Å². The van der Waals surface area contributed by atoms with Crippen LogP contribution in [0.3, 0.4) is 0 Å². The fourth-order valence-electron chi connectivity index (χ4n) is 2.66. The van der Waals surface area contributed by atoms with E-state index in [2.05, 4.69) is 15.3 Å². The van der Waals surface area contributed by atoms with Crippen LogP contribution in [0.4, 0.5) is 5.82 Å². The van der Waals surface area contributed by atoms with Crippen molar-refractivity contribution in [2.24, 2.45) is 0 Å². The summed E-state index contributed by atoms with van der Waals surface area (Å²) < 4.78 is 0. The number of anilines is 1. The van der Waals surface area contributed by atoms with Crippen LogP contribution in [0.2, 0.25) is 0 Å². The van der Waals surface area contributed by atoms with Crippen LogP contribution in [0.1, 0.15) is 54.4 Å². The molecule has 2 aromatic rings. The Labute approximate surface area is 143 Å². The maximum Gasteiger partial charge on any atom is 0.253 e. The Morgan fingerprint density at radius 3 is 2.50 bits per heavy atom. The fourth-order valence-corrected chi connectivity index (χ4v) is 2.66. The summed E-state index contributed by atoms with van der Waals surface area (Å²) in [6.07, 6.45) is 4.21. The third-order valence-corrected chi connectivity index (χ3v) is 4.34. The van der Waals surface area contributed by atoms with Crippen LogP contribution in [0.15, 0.2) is 36.5 Å². The zero-order valence-corrected chi connectivity index (χ0v) is 14.3. The number of benzene rings is 1. The van der Waals surface area contributed by atoms with Crippen molar-refractivity contribution in [3.63, 3.8) is 0 Å². The first-order valence-electron chi connectivity index (χ1n) is 8.66. The van der Waals surface area contributed by atoms with E-state index in [1.807, 2.05) is 55.3 Å². The Kier molecular flexibility index (Phi) is 5.08. The molecule has 1 aromatic heterocycles. The Balaban J connectivity index is 1.60. The Morgan fingerprint density at radius 1 is 1.17 bits per heavy atom. The van der Waals surface area contributed by atoms with E-state index in [-0.39, 0.29) is 5.91 Å². The molecule has 1 aliphatic rings. The van der Waals surface area contributed by atoms with Gasteiger partial charge in [-0.25, -0.2) is 9.97 Å². The van der Waals surface area contributed by atoms with Gasteiger partial charge in [0.25, 0.3) is 5.91 Å². The molecule has 1 heterocycles. The van der Waals surface area contributed by atoms with Crippen molar-refractivity contribution in [1.29, 1.82) is 0 Å². The molecule has 0 radical (unpaired) electrons. The molecule has 5 heteroatoms. The standard InChI is InChI=1S/C19H24N4O/c1-3-23(4-2)19(24)16-7-5-14(6-8-16)13-21-17-11-12-20-18(22-17)15-9-10-15/h5-8,11-12,15H,3-4,9-10,13H2,1-2H3,(H,20,21,22). The Hall–Kier alpha value is -2.43. The highest BCUT2D eigenvalue weighted by molar-refractivity contribution is 5.94.